The number of rotatable bonds is 17. The van der Waals surface area contributed by atoms with E-state index >= 15 is 0 Å². The zero-order chi connectivity index (χ0) is 32.9. The Labute approximate surface area is 263 Å². The Bertz CT molecular complexity index is 1280. The molecule has 3 rings (SSSR count). The van der Waals surface area contributed by atoms with E-state index < -0.39 is 41.5 Å². The van der Waals surface area contributed by atoms with Gasteiger partial charge < -0.3 is 33.5 Å². The maximum absolute atomic E-state index is 12.6. The molecule has 1 aromatic carbocycles. The summed E-state index contributed by atoms with van der Waals surface area (Å²) in [4.78, 5) is 47.8. The Morgan fingerprint density at radius 2 is 1.58 bits per heavy atom. The number of ether oxygens (including phenoxy) is 6. The molecule has 11 heteroatoms. The van der Waals surface area contributed by atoms with Gasteiger partial charge in [-0.3, -0.25) is 0 Å². The smallest absolute Gasteiger partial charge is 0.338 e. The maximum Gasteiger partial charge on any atom is 0.338 e. The molecule has 0 saturated heterocycles. The van der Waals surface area contributed by atoms with E-state index in [0.29, 0.717) is 12.2 Å². The van der Waals surface area contributed by atoms with Crippen molar-refractivity contribution in [3.8, 4) is 5.75 Å². The number of aliphatic hydroxyl groups is 1. The van der Waals surface area contributed by atoms with Crippen molar-refractivity contribution in [1.82, 2.24) is 0 Å². The largest absolute Gasteiger partial charge is 0.491 e. The molecule has 45 heavy (non-hydrogen) atoms. The van der Waals surface area contributed by atoms with E-state index in [4.69, 9.17) is 28.4 Å². The highest BCUT2D eigenvalue weighted by Gasteiger charge is 2.66. The first kappa shape index (κ1) is 35.3. The van der Waals surface area contributed by atoms with Gasteiger partial charge in [-0.15, -0.1) is 5.73 Å². The predicted octanol–water partition coefficient (Wildman–Crippen LogP) is 3.51. The SMILES string of the molecule is C=CC(=O)OCCOCCOC(=O)C=C=CC(=O)OC1CC2CC(/C=C\C(=O)OCC(O)COc3ccccc3)C1(C)C2(C)C. The number of hydrogen-bond acceptors (Lipinski definition) is 11. The summed E-state index contributed by atoms with van der Waals surface area (Å²) in [6.07, 6.45) is 6.39. The van der Waals surface area contributed by atoms with Crippen LogP contribution in [0.5, 0.6) is 5.75 Å². The highest BCUT2D eigenvalue weighted by atomic mass is 16.6. The van der Waals surface area contributed by atoms with Crippen LogP contribution in [-0.2, 0) is 42.9 Å². The molecule has 11 nitrogen and oxygen atoms in total. The van der Waals surface area contributed by atoms with Crippen LogP contribution in [0.15, 0.2) is 73.0 Å². The fraction of sp³-hybridized carbons (Fsp3) is 0.500. The molecule has 1 aromatic rings. The minimum atomic E-state index is -0.977. The van der Waals surface area contributed by atoms with E-state index in [9.17, 15) is 24.3 Å². The lowest BCUT2D eigenvalue weighted by molar-refractivity contribution is -0.152. The van der Waals surface area contributed by atoms with Crippen molar-refractivity contribution in [2.45, 2.75) is 45.8 Å². The molecule has 0 heterocycles. The molecule has 1 N–H and O–H groups in total. The zero-order valence-electron chi connectivity index (χ0n) is 26.0. The summed E-state index contributed by atoms with van der Waals surface area (Å²) in [7, 11) is 0. The van der Waals surface area contributed by atoms with Crippen LogP contribution in [0.3, 0.4) is 0 Å². The van der Waals surface area contributed by atoms with E-state index in [1.54, 1.807) is 18.2 Å². The van der Waals surface area contributed by atoms with Crippen molar-refractivity contribution in [2.75, 3.05) is 39.6 Å². The second-order valence-corrected chi connectivity index (χ2v) is 11.6. The molecular weight excluding hydrogens is 584 g/mol. The van der Waals surface area contributed by atoms with Gasteiger partial charge in [-0.05, 0) is 42.2 Å². The van der Waals surface area contributed by atoms with Crippen LogP contribution in [0.1, 0.15) is 33.6 Å². The zero-order valence-corrected chi connectivity index (χ0v) is 26.0. The number of aliphatic hydroxyl groups excluding tert-OH is 1. The fourth-order valence-electron chi connectivity index (χ4n) is 5.90. The molecule has 0 aliphatic heterocycles. The van der Waals surface area contributed by atoms with Crippen molar-refractivity contribution in [2.24, 2.45) is 22.7 Å². The van der Waals surface area contributed by atoms with Gasteiger partial charge in [-0.2, -0.15) is 0 Å². The monoisotopic (exact) mass is 626 g/mol. The standard InChI is InChI=1S/C34H42O11/c1-5-29(36)41-18-16-40-17-19-42-30(37)12-9-13-32(39)45-28-21-25-20-24(34(28,4)33(25,2)3)14-15-31(38)44-23-26(35)22-43-27-10-7-6-8-11-27/h5-8,10-15,24-26,28,35H,1,16-23H2,2-4H3/b15-14-. The van der Waals surface area contributed by atoms with E-state index in [-0.39, 0.29) is 56.9 Å². The first-order chi connectivity index (χ1) is 21.5. The van der Waals surface area contributed by atoms with Crippen molar-refractivity contribution in [1.29, 1.82) is 0 Å². The summed E-state index contributed by atoms with van der Waals surface area (Å²) in [6, 6.07) is 9.03. The van der Waals surface area contributed by atoms with Crippen LogP contribution in [0.4, 0.5) is 0 Å². The van der Waals surface area contributed by atoms with Gasteiger partial charge >= 0.3 is 23.9 Å². The molecule has 2 bridgehead atoms. The fourth-order valence-corrected chi connectivity index (χ4v) is 5.90. The molecule has 0 amide bonds. The highest BCUT2D eigenvalue weighted by Crippen LogP contribution is 2.69. The van der Waals surface area contributed by atoms with Crippen LogP contribution >= 0.6 is 0 Å². The predicted molar refractivity (Wildman–Crippen MR) is 162 cm³/mol. The Balaban J connectivity index is 1.43. The average Bonchev–Trinajstić information content (AvgIpc) is 3.32. The molecule has 0 spiro atoms. The number of fused-ring (bicyclic) bond motifs is 2. The Morgan fingerprint density at radius 3 is 2.24 bits per heavy atom. The molecule has 2 fully saturated rings. The molecule has 2 saturated carbocycles. The topological polar surface area (TPSA) is 144 Å². The summed E-state index contributed by atoms with van der Waals surface area (Å²) in [6.45, 7) is 9.69. The van der Waals surface area contributed by atoms with Gasteiger partial charge in [0, 0.05) is 17.6 Å². The quantitative estimate of drug-likeness (QED) is 0.0892. The Morgan fingerprint density at radius 1 is 0.911 bits per heavy atom. The van der Waals surface area contributed by atoms with Crippen molar-refractivity contribution >= 4 is 23.9 Å². The van der Waals surface area contributed by atoms with Gasteiger partial charge in [0.1, 0.15) is 44.4 Å². The number of esters is 4. The second-order valence-electron chi connectivity index (χ2n) is 11.6. The second kappa shape index (κ2) is 16.8. The summed E-state index contributed by atoms with van der Waals surface area (Å²) in [5.74, 6) is -1.64. The lowest BCUT2D eigenvalue weighted by atomic mass is 9.65. The van der Waals surface area contributed by atoms with E-state index in [2.05, 4.69) is 33.1 Å². The lowest BCUT2D eigenvalue weighted by Gasteiger charge is -2.42. The number of hydrogen-bond donors (Lipinski definition) is 1. The summed E-state index contributed by atoms with van der Waals surface area (Å²) in [5.41, 5.74) is 1.88. The number of carbonyl (C=O) groups is 4. The molecular formula is C34H42O11. The van der Waals surface area contributed by atoms with E-state index in [1.807, 2.05) is 18.2 Å². The van der Waals surface area contributed by atoms with Crippen LogP contribution in [0.2, 0.25) is 0 Å². The Hall–Kier alpha value is -4.18. The first-order valence-corrected chi connectivity index (χ1v) is 14.8. The number of carbonyl (C=O) groups excluding carboxylic acids is 4. The third-order valence-electron chi connectivity index (χ3n) is 8.72. The molecule has 244 valence electrons. The minimum absolute atomic E-state index is 0.0115. The maximum atomic E-state index is 12.6. The summed E-state index contributed by atoms with van der Waals surface area (Å²) in [5, 5.41) is 10.1. The molecule has 5 unspecified atom stereocenters. The van der Waals surface area contributed by atoms with Gasteiger partial charge in [0.2, 0.25) is 0 Å². The van der Waals surface area contributed by atoms with Gasteiger partial charge in [-0.25, -0.2) is 19.2 Å². The molecule has 2 aliphatic rings. The van der Waals surface area contributed by atoms with Crippen molar-refractivity contribution in [3.63, 3.8) is 0 Å². The molecule has 5 atom stereocenters. The number of allylic oxidation sites excluding steroid dienone is 1. The minimum Gasteiger partial charge on any atom is -0.491 e. The van der Waals surface area contributed by atoms with E-state index in [0.717, 1.165) is 24.6 Å². The van der Waals surface area contributed by atoms with Gasteiger partial charge in [0.25, 0.3) is 0 Å². The molecule has 2 aliphatic carbocycles. The first-order valence-electron chi connectivity index (χ1n) is 14.8. The molecule has 0 radical (unpaired) electrons. The third kappa shape index (κ3) is 9.91. The van der Waals surface area contributed by atoms with Crippen LogP contribution in [-0.4, -0.2) is 80.8 Å². The summed E-state index contributed by atoms with van der Waals surface area (Å²) < 4.78 is 31.4. The number of para-hydroxylation sites is 1. The van der Waals surface area contributed by atoms with Crippen molar-refractivity contribution < 1.29 is 52.7 Å². The summed E-state index contributed by atoms with van der Waals surface area (Å²) >= 11 is 0. The Kier molecular flexibility index (Phi) is 13.2. The molecule has 0 aromatic heterocycles. The van der Waals surface area contributed by atoms with Crippen molar-refractivity contribution in [3.05, 3.63) is 73.0 Å². The van der Waals surface area contributed by atoms with Crippen LogP contribution < -0.4 is 4.74 Å². The van der Waals surface area contributed by atoms with E-state index in [1.165, 1.54) is 6.08 Å². The average molecular weight is 627 g/mol. The van der Waals surface area contributed by atoms with Gasteiger partial charge in [-0.1, -0.05) is 51.6 Å². The van der Waals surface area contributed by atoms with Crippen LogP contribution in [0, 0.1) is 22.7 Å². The normalized spacial score (nSPS) is 23.3. The third-order valence-corrected chi connectivity index (χ3v) is 8.72. The van der Waals surface area contributed by atoms with Gasteiger partial charge in [0.05, 0.1) is 25.4 Å². The lowest BCUT2D eigenvalue weighted by Crippen LogP contribution is -2.43. The number of benzene rings is 1. The van der Waals surface area contributed by atoms with Crippen LogP contribution in [0.25, 0.3) is 0 Å². The highest BCUT2D eigenvalue weighted by molar-refractivity contribution is 5.85. The van der Waals surface area contributed by atoms with Gasteiger partial charge in [0.15, 0.2) is 0 Å².